The van der Waals surface area contributed by atoms with E-state index < -0.39 is 0 Å². The SMILES string of the molecule is CCCCCc1ncccn1.O. The smallest absolute Gasteiger partial charge is 0.128 e. The van der Waals surface area contributed by atoms with Crippen LogP contribution >= 0.6 is 0 Å². The molecular weight excluding hydrogens is 152 g/mol. The van der Waals surface area contributed by atoms with E-state index in [2.05, 4.69) is 16.9 Å². The fourth-order valence-corrected chi connectivity index (χ4v) is 0.992. The monoisotopic (exact) mass is 168 g/mol. The molecule has 1 aromatic rings. The van der Waals surface area contributed by atoms with Gasteiger partial charge in [0.25, 0.3) is 0 Å². The van der Waals surface area contributed by atoms with Crippen molar-refractivity contribution in [3.63, 3.8) is 0 Å². The lowest BCUT2D eigenvalue weighted by Gasteiger charge is -1.96. The van der Waals surface area contributed by atoms with Crippen molar-refractivity contribution in [3.05, 3.63) is 24.3 Å². The molecule has 0 bridgehead atoms. The van der Waals surface area contributed by atoms with Crippen LogP contribution in [-0.4, -0.2) is 15.4 Å². The highest BCUT2D eigenvalue weighted by Crippen LogP contribution is 1.99. The standard InChI is InChI=1S/C9H14N2.H2O/c1-2-3-4-6-9-10-7-5-8-11-9;/h5,7-8H,2-4,6H2,1H3;1H2. The zero-order valence-electron chi connectivity index (χ0n) is 7.45. The summed E-state index contributed by atoms with van der Waals surface area (Å²) >= 11 is 0. The molecule has 2 N–H and O–H groups in total. The van der Waals surface area contributed by atoms with E-state index in [4.69, 9.17) is 0 Å². The Morgan fingerprint density at radius 3 is 2.42 bits per heavy atom. The Morgan fingerprint density at radius 2 is 1.83 bits per heavy atom. The van der Waals surface area contributed by atoms with Gasteiger partial charge in [0, 0.05) is 18.8 Å². The number of aryl methyl sites for hydroxylation is 1. The van der Waals surface area contributed by atoms with Gasteiger partial charge in [-0.15, -0.1) is 0 Å². The number of nitrogens with zero attached hydrogens (tertiary/aromatic N) is 2. The Kier molecular flexibility index (Phi) is 6.19. The van der Waals surface area contributed by atoms with Gasteiger partial charge in [0.1, 0.15) is 5.82 Å². The minimum Gasteiger partial charge on any atom is -0.412 e. The highest BCUT2D eigenvalue weighted by Gasteiger charge is 1.92. The quantitative estimate of drug-likeness (QED) is 0.638. The first-order valence-corrected chi connectivity index (χ1v) is 4.19. The molecule has 0 saturated heterocycles. The van der Waals surface area contributed by atoms with Gasteiger partial charge in [0.2, 0.25) is 0 Å². The molecule has 0 atom stereocenters. The van der Waals surface area contributed by atoms with Crippen molar-refractivity contribution in [1.82, 2.24) is 9.97 Å². The van der Waals surface area contributed by atoms with Gasteiger partial charge in [-0.25, -0.2) is 9.97 Å². The summed E-state index contributed by atoms with van der Waals surface area (Å²) < 4.78 is 0. The van der Waals surface area contributed by atoms with E-state index in [9.17, 15) is 0 Å². The van der Waals surface area contributed by atoms with Crippen LogP contribution in [0.4, 0.5) is 0 Å². The van der Waals surface area contributed by atoms with Gasteiger partial charge >= 0.3 is 0 Å². The van der Waals surface area contributed by atoms with E-state index in [1.807, 2.05) is 6.07 Å². The third-order valence-corrected chi connectivity index (χ3v) is 1.62. The molecule has 0 radical (unpaired) electrons. The van der Waals surface area contributed by atoms with Crippen molar-refractivity contribution in [2.24, 2.45) is 0 Å². The Labute approximate surface area is 73.2 Å². The first-order valence-electron chi connectivity index (χ1n) is 4.19. The summed E-state index contributed by atoms with van der Waals surface area (Å²) in [5, 5.41) is 0. The summed E-state index contributed by atoms with van der Waals surface area (Å²) in [7, 11) is 0. The maximum absolute atomic E-state index is 4.14. The third kappa shape index (κ3) is 4.03. The molecule has 1 heterocycles. The van der Waals surface area contributed by atoms with E-state index in [0.29, 0.717) is 0 Å². The summed E-state index contributed by atoms with van der Waals surface area (Å²) in [6.07, 6.45) is 8.36. The normalized spacial score (nSPS) is 9.08. The van der Waals surface area contributed by atoms with Crippen molar-refractivity contribution in [2.75, 3.05) is 0 Å². The number of rotatable bonds is 4. The fourth-order valence-electron chi connectivity index (χ4n) is 0.992. The number of aromatic nitrogens is 2. The van der Waals surface area contributed by atoms with E-state index in [-0.39, 0.29) is 5.48 Å². The molecule has 68 valence electrons. The number of hydrogen-bond donors (Lipinski definition) is 0. The average molecular weight is 168 g/mol. The first-order chi connectivity index (χ1) is 5.43. The van der Waals surface area contributed by atoms with E-state index in [1.54, 1.807) is 12.4 Å². The second kappa shape index (κ2) is 6.73. The summed E-state index contributed by atoms with van der Waals surface area (Å²) in [6.45, 7) is 2.20. The molecule has 0 spiro atoms. The molecule has 0 unspecified atom stereocenters. The molecule has 0 amide bonds. The summed E-state index contributed by atoms with van der Waals surface area (Å²) in [5.41, 5.74) is 0. The molecule has 0 aliphatic carbocycles. The van der Waals surface area contributed by atoms with Crippen LogP contribution in [0.1, 0.15) is 32.0 Å². The second-order valence-electron chi connectivity index (χ2n) is 2.62. The van der Waals surface area contributed by atoms with Crippen molar-refractivity contribution < 1.29 is 5.48 Å². The minimum atomic E-state index is 0. The van der Waals surface area contributed by atoms with Crippen LogP contribution in [0.2, 0.25) is 0 Å². The second-order valence-corrected chi connectivity index (χ2v) is 2.62. The predicted molar refractivity (Wildman–Crippen MR) is 48.9 cm³/mol. The van der Waals surface area contributed by atoms with Crippen LogP contribution in [0.5, 0.6) is 0 Å². The molecule has 0 fully saturated rings. The lowest BCUT2D eigenvalue weighted by molar-refractivity contribution is 0.693. The number of hydrogen-bond acceptors (Lipinski definition) is 2. The van der Waals surface area contributed by atoms with Gasteiger partial charge in [0.15, 0.2) is 0 Å². The predicted octanol–water partition coefficient (Wildman–Crippen LogP) is 1.38. The van der Waals surface area contributed by atoms with Gasteiger partial charge in [-0.3, -0.25) is 0 Å². The lowest BCUT2D eigenvalue weighted by Crippen LogP contribution is -1.92. The highest BCUT2D eigenvalue weighted by molar-refractivity contribution is 4.88. The van der Waals surface area contributed by atoms with Crippen molar-refractivity contribution in [1.29, 1.82) is 0 Å². The van der Waals surface area contributed by atoms with E-state index in [1.165, 1.54) is 19.3 Å². The largest absolute Gasteiger partial charge is 0.412 e. The molecule has 1 aromatic heterocycles. The zero-order valence-corrected chi connectivity index (χ0v) is 7.45. The third-order valence-electron chi connectivity index (χ3n) is 1.62. The maximum Gasteiger partial charge on any atom is 0.128 e. The minimum absolute atomic E-state index is 0. The maximum atomic E-state index is 4.14. The van der Waals surface area contributed by atoms with E-state index in [0.717, 1.165) is 12.2 Å². The summed E-state index contributed by atoms with van der Waals surface area (Å²) in [6, 6.07) is 1.85. The fraction of sp³-hybridized carbons (Fsp3) is 0.556. The topological polar surface area (TPSA) is 57.3 Å². The van der Waals surface area contributed by atoms with Gasteiger partial charge in [-0.1, -0.05) is 19.8 Å². The van der Waals surface area contributed by atoms with Gasteiger partial charge < -0.3 is 5.48 Å². The Bertz CT molecular complexity index is 189. The molecule has 3 nitrogen and oxygen atoms in total. The first kappa shape index (κ1) is 11.0. The zero-order chi connectivity index (χ0) is 7.94. The molecule has 0 aromatic carbocycles. The molecule has 12 heavy (non-hydrogen) atoms. The van der Waals surface area contributed by atoms with Crippen molar-refractivity contribution in [3.8, 4) is 0 Å². The van der Waals surface area contributed by atoms with Crippen molar-refractivity contribution in [2.45, 2.75) is 32.6 Å². The molecule has 0 saturated carbocycles. The van der Waals surface area contributed by atoms with Crippen LogP contribution in [0, 0.1) is 0 Å². The highest BCUT2D eigenvalue weighted by atomic mass is 16.0. The van der Waals surface area contributed by atoms with E-state index >= 15 is 0 Å². The Morgan fingerprint density at radius 1 is 1.17 bits per heavy atom. The molecule has 0 aliphatic heterocycles. The summed E-state index contributed by atoms with van der Waals surface area (Å²) in [5.74, 6) is 0.973. The van der Waals surface area contributed by atoms with Crippen molar-refractivity contribution >= 4 is 0 Å². The molecule has 0 aliphatic rings. The molecular formula is C9H16N2O. The van der Waals surface area contributed by atoms with Gasteiger partial charge in [-0.05, 0) is 12.5 Å². The molecule has 1 rings (SSSR count). The summed E-state index contributed by atoms with van der Waals surface area (Å²) in [4.78, 5) is 8.28. The number of unbranched alkanes of at least 4 members (excludes halogenated alkanes) is 2. The van der Waals surface area contributed by atoms with Gasteiger partial charge in [0.05, 0.1) is 0 Å². The molecule has 3 heteroatoms. The van der Waals surface area contributed by atoms with Crippen LogP contribution in [0.15, 0.2) is 18.5 Å². The van der Waals surface area contributed by atoms with Gasteiger partial charge in [-0.2, -0.15) is 0 Å². The Balaban J connectivity index is 0.00000121. The average Bonchev–Trinajstić information content (AvgIpc) is 2.07. The lowest BCUT2D eigenvalue weighted by atomic mass is 10.2. The van der Waals surface area contributed by atoms with Crippen LogP contribution in [0.25, 0.3) is 0 Å². The van der Waals surface area contributed by atoms with Crippen LogP contribution in [-0.2, 0) is 6.42 Å². The van der Waals surface area contributed by atoms with Crippen LogP contribution in [0.3, 0.4) is 0 Å². The van der Waals surface area contributed by atoms with Crippen LogP contribution < -0.4 is 0 Å². The Hall–Kier alpha value is -0.960.